The fraction of sp³-hybridized carbons (Fsp3) is 0.281. The number of nitrogens with zero attached hydrogens (tertiary/aromatic N) is 2. The molecule has 2 aliphatic heterocycles. The van der Waals surface area contributed by atoms with Crippen molar-refractivity contribution in [1.82, 2.24) is 15.2 Å². The molecule has 0 radical (unpaired) electrons. The van der Waals surface area contributed by atoms with Gasteiger partial charge >= 0.3 is 5.97 Å². The van der Waals surface area contributed by atoms with Crippen molar-refractivity contribution in [1.29, 1.82) is 0 Å². The standard InChI is InChI=1S/C32H28Cl2N4O5/c33-24-17-35-18-25(34)28(24)30(40)36-22-11-6-20(7-12-22)16-26(32(42)43)37-31(41)29-21-9-13-23(14-10-21)38(29)27(39)15-8-19-4-2-1-3-5-19/h1-7,11-12,17-18,21,23,26,29H,9-10,13-14,16H2,(H,36,40)(H,37,41)(H,42,43). The van der Waals surface area contributed by atoms with Crippen molar-refractivity contribution in [2.24, 2.45) is 5.92 Å². The van der Waals surface area contributed by atoms with Crippen molar-refractivity contribution < 1.29 is 24.3 Å². The number of carbonyl (C=O) groups excluding carboxylic acids is 3. The van der Waals surface area contributed by atoms with Crippen LogP contribution < -0.4 is 10.6 Å². The highest BCUT2D eigenvalue weighted by Gasteiger charge is 2.47. The minimum absolute atomic E-state index is 0.000114. The summed E-state index contributed by atoms with van der Waals surface area (Å²) >= 11 is 12.1. The predicted molar refractivity (Wildman–Crippen MR) is 162 cm³/mol. The molecule has 1 saturated carbocycles. The third-order valence-corrected chi connectivity index (χ3v) is 8.39. The minimum atomic E-state index is -1.23. The number of carbonyl (C=O) groups is 4. The molecule has 43 heavy (non-hydrogen) atoms. The van der Waals surface area contributed by atoms with Gasteiger partial charge in [0.05, 0.1) is 15.6 Å². The predicted octanol–water partition coefficient (Wildman–Crippen LogP) is 4.57. The summed E-state index contributed by atoms with van der Waals surface area (Å²) in [5.41, 5.74) is 1.85. The van der Waals surface area contributed by atoms with E-state index < -0.39 is 35.8 Å². The largest absolute Gasteiger partial charge is 0.480 e. The molecule has 3 amide bonds. The van der Waals surface area contributed by atoms with Crippen molar-refractivity contribution in [3.63, 3.8) is 0 Å². The number of aromatic nitrogens is 1. The summed E-state index contributed by atoms with van der Waals surface area (Å²) in [6.45, 7) is 0. The van der Waals surface area contributed by atoms with Crippen LogP contribution in [0.3, 0.4) is 0 Å². The number of fused-ring (bicyclic) bond motifs is 3. The number of hydrogen-bond acceptors (Lipinski definition) is 5. The van der Waals surface area contributed by atoms with Crippen molar-refractivity contribution in [3.05, 3.63) is 93.7 Å². The van der Waals surface area contributed by atoms with Gasteiger partial charge in [-0.1, -0.05) is 59.5 Å². The topological polar surface area (TPSA) is 129 Å². The van der Waals surface area contributed by atoms with Crippen LogP contribution in [-0.2, 0) is 20.8 Å². The van der Waals surface area contributed by atoms with E-state index in [0.717, 1.165) is 25.7 Å². The number of pyridine rings is 1. The lowest BCUT2D eigenvalue weighted by Crippen LogP contribution is -2.63. The molecule has 3 aromatic rings. The van der Waals surface area contributed by atoms with Crippen LogP contribution in [0.15, 0.2) is 67.0 Å². The molecule has 3 aliphatic rings. The van der Waals surface area contributed by atoms with Gasteiger partial charge < -0.3 is 20.6 Å². The summed E-state index contributed by atoms with van der Waals surface area (Å²) < 4.78 is 0. The molecule has 0 spiro atoms. The van der Waals surface area contributed by atoms with E-state index in [2.05, 4.69) is 27.5 Å². The van der Waals surface area contributed by atoms with Gasteiger partial charge in [-0.2, -0.15) is 0 Å². The van der Waals surface area contributed by atoms with E-state index >= 15 is 0 Å². The van der Waals surface area contributed by atoms with E-state index in [-0.39, 0.29) is 34.0 Å². The number of carboxylic acid groups (broad SMARTS) is 1. The number of anilines is 1. The Kier molecular flexibility index (Phi) is 9.29. The van der Waals surface area contributed by atoms with Gasteiger partial charge in [0.15, 0.2) is 0 Å². The average Bonchev–Trinajstić information content (AvgIpc) is 3.01. The Labute approximate surface area is 258 Å². The van der Waals surface area contributed by atoms with Gasteiger partial charge in [0.1, 0.15) is 12.1 Å². The van der Waals surface area contributed by atoms with E-state index in [0.29, 0.717) is 16.8 Å². The van der Waals surface area contributed by atoms with Gasteiger partial charge in [0.2, 0.25) is 5.91 Å². The van der Waals surface area contributed by atoms with Crippen molar-refractivity contribution >= 4 is 52.6 Å². The number of halogens is 2. The molecule has 2 aromatic carbocycles. The van der Waals surface area contributed by atoms with Gasteiger partial charge in [0.25, 0.3) is 11.8 Å². The molecular weight excluding hydrogens is 591 g/mol. The molecule has 2 saturated heterocycles. The van der Waals surface area contributed by atoms with Crippen LogP contribution in [0.1, 0.15) is 47.2 Å². The zero-order valence-corrected chi connectivity index (χ0v) is 24.4. The van der Waals surface area contributed by atoms with Gasteiger partial charge in [0, 0.05) is 42.0 Å². The molecule has 3 fully saturated rings. The molecule has 6 rings (SSSR count). The lowest BCUT2D eigenvalue weighted by atomic mass is 9.74. The van der Waals surface area contributed by atoms with E-state index in [1.807, 2.05) is 18.2 Å². The number of carboxylic acids is 1. The summed E-state index contributed by atoms with van der Waals surface area (Å²) in [5.74, 6) is 2.85. The number of rotatable bonds is 7. The van der Waals surface area contributed by atoms with Gasteiger partial charge in [-0.3, -0.25) is 19.4 Å². The SMILES string of the molecule is O=C(Nc1ccc(CC(NC(=O)C2C3CCC(CC3)N2C(=O)C#Cc2ccccc2)C(=O)O)cc1)c1c(Cl)cncc1Cl. The average molecular weight is 620 g/mol. The highest BCUT2D eigenvalue weighted by atomic mass is 35.5. The fourth-order valence-corrected chi connectivity index (χ4v) is 6.27. The first-order chi connectivity index (χ1) is 20.7. The maximum Gasteiger partial charge on any atom is 0.326 e. The Balaban J connectivity index is 1.26. The third-order valence-electron chi connectivity index (χ3n) is 7.82. The van der Waals surface area contributed by atoms with E-state index in [9.17, 15) is 24.3 Å². The number of amides is 3. The molecule has 2 unspecified atom stereocenters. The van der Waals surface area contributed by atoms with E-state index in [4.69, 9.17) is 23.2 Å². The third kappa shape index (κ3) is 6.99. The second-order valence-corrected chi connectivity index (χ2v) is 11.4. The normalized spacial score (nSPS) is 19.5. The Morgan fingerprint density at radius 1 is 0.953 bits per heavy atom. The van der Waals surface area contributed by atoms with Crippen LogP contribution in [0.4, 0.5) is 5.69 Å². The van der Waals surface area contributed by atoms with E-state index in [1.54, 1.807) is 41.3 Å². The maximum absolute atomic E-state index is 13.6. The molecule has 11 heteroatoms. The highest BCUT2D eigenvalue weighted by Crippen LogP contribution is 2.40. The van der Waals surface area contributed by atoms with Gasteiger partial charge in [-0.15, -0.1) is 0 Å². The van der Waals surface area contributed by atoms with Gasteiger partial charge in [-0.05, 0) is 61.4 Å². The van der Waals surface area contributed by atoms with Gasteiger partial charge in [-0.25, -0.2) is 4.79 Å². The molecule has 2 atom stereocenters. The summed E-state index contributed by atoms with van der Waals surface area (Å²) in [6.07, 6.45) is 5.80. The van der Waals surface area contributed by atoms with Crippen molar-refractivity contribution in [3.8, 4) is 11.8 Å². The van der Waals surface area contributed by atoms with Crippen LogP contribution in [-0.4, -0.2) is 56.8 Å². The quantitative estimate of drug-likeness (QED) is 0.333. The Morgan fingerprint density at radius 3 is 2.23 bits per heavy atom. The molecule has 220 valence electrons. The lowest BCUT2D eigenvalue weighted by molar-refractivity contribution is -0.151. The molecule has 1 aromatic heterocycles. The number of hydrogen-bond donors (Lipinski definition) is 3. The van der Waals surface area contributed by atoms with Crippen LogP contribution in [0, 0.1) is 17.8 Å². The van der Waals surface area contributed by atoms with Crippen molar-refractivity contribution in [2.45, 2.75) is 50.2 Å². The maximum atomic E-state index is 13.6. The summed E-state index contributed by atoms with van der Waals surface area (Å²) in [6, 6.07) is 13.6. The fourth-order valence-electron chi connectivity index (χ4n) is 5.73. The summed E-state index contributed by atoms with van der Waals surface area (Å²) in [4.78, 5) is 57.0. The molecule has 3 N–H and O–H groups in total. The Morgan fingerprint density at radius 2 is 1.60 bits per heavy atom. The van der Waals surface area contributed by atoms with Crippen LogP contribution in [0.5, 0.6) is 0 Å². The first kappa shape index (κ1) is 30.1. The molecule has 9 nitrogen and oxygen atoms in total. The Bertz CT molecular complexity index is 1580. The number of aliphatic carboxylic acids is 1. The van der Waals surface area contributed by atoms with Crippen LogP contribution in [0.2, 0.25) is 10.0 Å². The molecule has 1 aliphatic carbocycles. The minimum Gasteiger partial charge on any atom is -0.480 e. The lowest BCUT2D eigenvalue weighted by Gasteiger charge is -2.49. The van der Waals surface area contributed by atoms with E-state index in [1.165, 1.54) is 12.4 Å². The summed E-state index contributed by atoms with van der Waals surface area (Å²) in [5, 5.41) is 15.5. The molecule has 2 bridgehead atoms. The zero-order chi connectivity index (χ0) is 30.5. The Hall–Kier alpha value is -4.39. The summed E-state index contributed by atoms with van der Waals surface area (Å²) in [7, 11) is 0. The molecule has 3 heterocycles. The van der Waals surface area contributed by atoms with Crippen LogP contribution in [0.25, 0.3) is 0 Å². The first-order valence-corrected chi connectivity index (χ1v) is 14.6. The highest BCUT2D eigenvalue weighted by molar-refractivity contribution is 6.40. The second kappa shape index (κ2) is 13.3. The van der Waals surface area contributed by atoms with Crippen LogP contribution >= 0.6 is 23.2 Å². The number of benzene rings is 2. The zero-order valence-electron chi connectivity index (χ0n) is 22.9. The first-order valence-electron chi connectivity index (χ1n) is 13.8. The molecular formula is C32H28Cl2N4O5. The smallest absolute Gasteiger partial charge is 0.326 e. The number of piperidine rings is 2. The number of nitrogens with one attached hydrogen (secondary N) is 2. The van der Waals surface area contributed by atoms with Crippen molar-refractivity contribution in [2.75, 3.05) is 5.32 Å². The monoisotopic (exact) mass is 618 g/mol. The second-order valence-electron chi connectivity index (χ2n) is 10.6.